The van der Waals surface area contributed by atoms with Crippen molar-refractivity contribution in [3.63, 3.8) is 0 Å². The summed E-state index contributed by atoms with van der Waals surface area (Å²) in [5.74, 6) is 0.846. The largest absolute Gasteiger partial charge is 0.497 e. The summed E-state index contributed by atoms with van der Waals surface area (Å²) in [5.41, 5.74) is 6.86. The minimum absolute atomic E-state index is 0.00325. The molecule has 0 aliphatic carbocycles. The minimum Gasteiger partial charge on any atom is -0.497 e. The van der Waals surface area contributed by atoms with E-state index in [0.717, 1.165) is 12.2 Å². The molecule has 0 heterocycles. The second-order valence-corrected chi connectivity index (χ2v) is 4.81. The number of hydrogen-bond acceptors (Lipinski definition) is 3. The molecule has 2 N–H and O–H groups in total. The van der Waals surface area contributed by atoms with Crippen molar-refractivity contribution in [3.8, 4) is 5.75 Å². The van der Waals surface area contributed by atoms with Crippen LogP contribution >= 0.6 is 0 Å². The van der Waals surface area contributed by atoms with E-state index in [1.165, 1.54) is 5.56 Å². The Hall–Kier alpha value is -1.55. The van der Waals surface area contributed by atoms with Crippen LogP contribution in [0.4, 0.5) is 0 Å². The Kier molecular flexibility index (Phi) is 5.83. The van der Waals surface area contributed by atoms with Crippen LogP contribution in [0.1, 0.15) is 26.3 Å². The van der Waals surface area contributed by atoms with E-state index < -0.39 is 6.04 Å². The standard InChI is InChI=1S/C15H24N2O2/c1-5-17(15(18)12(3)16)11(2)10-13-6-8-14(19-4)9-7-13/h6-9,11-12H,5,10,16H2,1-4H3/t11-,12-/m1/s1. The molecule has 1 amide bonds. The van der Waals surface area contributed by atoms with E-state index in [-0.39, 0.29) is 11.9 Å². The summed E-state index contributed by atoms with van der Waals surface area (Å²) >= 11 is 0. The predicted octanol–water partition coefficient (Wildman–Crippen LogP) is 1.82. The van der Waals surface area contributed by atoms with Gasteiger partial charge in [-0.05, 0) is 44.9 Å². The zero-order valence-electron chi connectivity index (χ0n) is 12.2. The minimum atomic E-state index is -0.446. The Bertz CT molecular complexity index is 401. The number of amides is 1. The summed E-state index contributed by atoms with van der Waals surface area (Å²) < 4.78 is 5.13. The average molecular weight is 264 g/mol. The van der Waals surface area contributed by atoms with Crippen molar-refractivity contribution in [1.82, 2.24) is 4.90 Å². The summed E-state index contributed by atoms with van der Waals surface area (Å²) in [4.78, 5) is 13.8. The van der Waals surface area contributed by atoms with Gasteiger partial charge in [0.15, 0.2) is 0 Å². The van der Waals surface area contributed by atoms with Gasteiger partial charge >= 0.3 is 0 Å². The number of nitrogens with zero attached hydrogens (tertiary/aromatic N) is 1. The molecule has 2 atom stereocenters. The third kappa shape index (κ3) is 4.24. The lowest BCUT2D eigenvalue weighted by atomic mass is 10.0. The molecular formula is C15H24N2O2. The Morgan fingerprint density at radius 3 is 2.32 bits per heavy atom. The molecule has 0 aromatic heterocycles. The first-order valence-electron chi connectivity index (χ1n) is 6.68. The van der Waals surface area contributed by atoms with Gasteiger partial charge in [-0.15, -0.1) is 0 Å². The number of ether oxygens (including phenoxy) is 1. The average Bonchev–Trinajstić information content (AvgIpc) is 2.40. The van der Waals surface area contributed by atoms with Crippen molar-refractivity contribution in [2.24, 2.45) is 5.73 Å². The maximum atomic E-state index is 12.0. The van der Waals surface area contributed by atoms with Crippen LogP contribution in [0.15, 0.2) is 24.3 Å². The highest BCUT2D eigenvalue weighted by atomic mass is 16.5. The fourth-order valence-electron chi connectivity index (χ4n) is 2.16. The monoisotopic (exact) mass is 264 g/mol. The molecule has 106 valence electrons. The molecule has 1 aromatic carbocycles. The van der Waals surface area contributed by atoms with Crippen LogP contribution in [0.25, 0.3) is 0 Å². The predicted molar refractivity (Wildman–Crippen MR) is 77.2 cm³/mol. The lowest BCUT2D eigenvalue weighted by Gasteiger charge is -2.29. The quantitative estimate of drug-likeness (QED) is 0.852. The molecule has 0 radical (unpaired) electrons. The van der Waals surface area contributed by atoms with E-state index in [1.54, 1.807) is 14.0 Å². The van der Waals surface area contributed by atoms with Crippen molar-refractivity contribution >= 4 is 5.91 Å². The van der Waals surface area contributed by atoms with E-state index in [4.69, 9.17) is 10.5 Å². The SMILES string of the molecule is CCN(C(=O)[C@@H](C)N)[C@H](C)Cc1ccc(OC)cc1. The van der Waals surface area contributed by atoms with Gasteiger partial charge in [0.2, 0.25) is 5.91 Å². The molecule has 0 aliphatic rings. The van der Waals surface area contributed by atoms with E-state index >= 15 is 0 Å². The van der Waals surface area contributed by atoms with Crippen LogP contribution in [-0.2, 0) is 11.2 Å². The number of methoxy groups -OCH3 is 1. The molecule has 1 rings (SSSR count). The lowest BCUT2D eigenvalue weighted by molar-refractivity contribution is -0.133. The van der Waals surface area contributed by atoms with Crippen molar-refractivity contribution in [3.05, 3.63) is 29.8 Å². The summed E-state index contributed by atoms with van der Waals surface area (Å²) in [5, 5.41) is 0. The maximum absolute atomic E-state index is 12.0. The molecule has 0 fully saturated rings. The van der Waals surface area contributed by atoms with Crippen LogP contribution < -0.4 is 10.5 Å². The van der Waals surface area contributed by atoms with Gasteiger partial charge in [0, 0.05) is 12.6 Å². The molecule has 4 nitrogen and oxygen atoms in total. The van der Waals surface area contributed by atoms with Gasteiger partial charge in [-0.1, -0.05) is 12.1 Å². The number of carbonyl (C=O) groups is 1. The van der Waals surface area contributed by atoms with Crippen LogP contribution in [0, 0.1) is 0 Å². The number of carbonyl (C=O) groups excluding carboxylic acids is 1. The fourth-order valence-corrected chi connectivity index (χ4v) is 2.16. The molecule has 0 saturated carbocycles. The Balaban J connectivity index is 2.70. The van der Waals surface area contributed by atoms with Crippen molar-refractivity contribution in [2.45, 2.75) is 39.3 Å². The van der Waals surface area contributed by atoms with Crippen molar-refractivity contribution in [2.75, 3.05) is 13.7 Å². The highest BCUT2D eigenvalue weighted by molar-refractivity contribution is 5.81. The van der Waals surface area contributed by atoms with Gasteiger partial charge in [0.1, 0.15) is 5.75 Å². The van der Waals surface area contributed by atoms with E-state index in [2.05, 4.69) is 0 Å². The van der Waals surface area contributed by atoms with Gasteiger partial charge in [0.25, 0.3) is 0 Å². The molecule has 0 bridgehead atoms. The topological polar surface area (TPSA) is 55.6 Å². The van der Waals surface area contributed by atoms with Gasteiger partial charge < -0.3 is 15.4 Å². The number of nitrogens with two attached hydrogens (primary N) is 1. The number of benzene rings is 1. The van der Waals surface area contributed by atoms with Gasteiger partial charge in [-0.2, -0.15) is 0 Å². The molecule has 4 heteroatoms. The first-order valence-corrected chi connectivity index (χ1v) is 6.68. The van der Waals surface area contributed by atoms with Gasteiger partial charge in [-0.25, -0.2) is 0 Å². The molecule has 0 spiro atoms. The first-order chi connectivity index (χ1) is 8.99. The van der Waals surface area contributed by atoms with Crippen LogP contribution in [0.5, 0.6) is 5.75 Å². The molecule has 0 saturated heterocycles. The van der Waals surface area contributed by atoms with Crippen LogP contribution in [-0.4, -0.2) is 36.5 Å². The summed E-state index contributed by atoms with van der Waals surface area (Å²) in [7, 11) is 1.65. The smallest absolute Gasteiger partial charge is 0.239 e. The number of hydrogen-bond donors (Lipinski definition) is 1. The Morgan fingerprint density at radius 2 is 1.89 bits per heavy atom. The zero-order valence-corrected chi connectivity index (χ0v) is 12.2. The number of rotatable bonds is 6. The van der Waals surface area contributed by atoms with Crippen molar-refractivity contribution in [1.29, 1.82) is 0 Å². The van der Waals surface area contributed by atoms with E-state index in [0.29, 0.717) is 6.54 Å². The van der Waals surface area contributed by atoms with Crippen LogP contribution in [0.3, 0.4) is 0 Å². The second kappa shape index (κ2) is 7.14. The second-order valence-electron chi connectivity index (χ2n) is 4.81. The van der Waals surface area contributed by atoms with Gasteiger partial charge in [0.05, 0.1) is 13.2 Å². The number of likely N-dealkylation sites (N-methyl/N-ethyl adjacent to an activating group) is 1. The molecule has 1 aromatic rings. The van der Waals surface area contributed by atoms with Crippen LogP contribution in [0.2, 0.25) is 0 Å². The van der Waals surface area contributed by atoms with E-state index in [1.807, 2.05) is 43.0 Å². The first kappa shape index (κ1) is 15.5. The zero-order chi connectivity index (χ0) is 14.4. The lowest BCUT2D eigenvalue weighted by Crippen LogP contribution is -2.47. The fraction of sp³-hybridized carbons (Fsp3) is 0.533. The highest BCUT2D eigenvalue weighted by Gasteiger charge is 2.21. The summed E-state index contributed by atoms with van der Waals surface area (Å²) in [6.45, 7) is 6.43. The van der Waals surface area contributed by atoms with E-state index in [9.17, 15) is 4.79 Å². The molecular weight excluding hydrogens is 240 g/mol. The maximum Gasteiger partial charge on any atom is 0.239 e. The molecule has 19 heavy (non-hydrogen) atoms. The third-order valence-electron chi connectivity index (χ3n) is 3.24. The molecule has 0 unspecified atom stereocenters. The highest BCUT2D eigenvalue weighted by Crippen LogP contribution is 2.15. The third-order valence-corrected chi connectivity index (χ3v) is 3.24. The summed E-state index contributed by atoms with van der Waals surface area (Å²) in [6, 6.07) is 7.62. The van der Waals surface area contributed by atoms with Gasteiger partial charge in [-0.3, -0.25) is 4.79 Å². The summed E-state index contributed by atoms with van der Waals surface area (Å²) in [6.07, 6.45) is 0.816. The normalized spacial score (nSPS) is 13.7. The molecule has 0 aliphatic heterocycles. The van der Waals surface area contributed by atoms with Crippen molar-refractivity contribution < 1.29 is 9.53 Å². The Labute approximate surface area is 115 Å². The Morgan fingerprint density at radius 1 is 1.32 bits per heavy atom.